The lowest BCUT2D eigenvalue weighted by atomic mass is 10.1. The van der Waals surface area contributed by atoms with Crippen LogP contribution in [-0.2, 0) is 10.1 Å². The molecule has 0 aliphatic carbocycles. The first-order valence-electron chi connectivity index (χ1n) is 14.4. The van der Waals surface area contributed by atoms with Gasteiger partial charge in [-0.05, 0) is 25.7 Å². The molecule has 0 aromatic rings. The highest BCUT2D eigenvalue weighted by atomic mass is 32.2. The van der Waals surface area contributed by atoms with E-state index < -0.39 is 10.1 Å². The highest BCUT2D eigenvalue weighted by molar-refractivity contribution is 7.85. The van der Waals surface area contributed by atoms with Gasteiger partial charge in [0.15, 0.2) is 0 Å². The van der Waals surface area contributed by atoms with E-state index in [1.165, 1.54) is 153 Å². The molecule has 33 heavy (non-hydrogen) atoms. The van der Waals surface area contributed by atoms with Crippen molar-refractivity contribution in [2.24, 2.45) is 0 Å². The molecule has 4 nitrogen and oxygen atoms in total. The SMILES string of the molecule is CCCCCCCCCCCC[N+](C)(C)CCCCCCCCCCCC.CCS(=O)(=O)[O-]. The third-order valence-corrected chi connectivity index (χ3v) is 7.29. The Bertz CT molecular complexity index is 452. The number of unbranched alkanes of at least 4 members (excludes halogenated alkanes) is 18. The van der Waals surface area contributed by atoms with Crippen molar-refractivity contribution < 1.29 is 17.5 Å². The van der Waals surface area contributed by atoms with Gasteiger partial charge in [0.1, 0.15) is 0 Å². The fourth-order valence-corrected chi connectivity index (χ4v) is 4.17. The largest absolute Gasteiger partial charge is 0.748 e. The Kier molecular flexibility index (Phi) is 26.5. The average molecular weight is 492 g/mol. The van der Waals surface area contributed by atoms with Crippen LogP contribution in [0, 0.1) is 0 Å². The molecule has 5 heteroatoms. The van der Waals surface area contributed by atoms with Crippen molar-refractivity contribution in [2.75, 3.05) is 32.9 Å². The van der Waals surface area contributed by atoms with Crippen LogP contribution in [0.1, 0.15) is 149 Å². The summed E-state index contributed by atoms with van der Waals surface area (Å²) in [6.45, 7) is 8.68. The van der Waals surface area contributed by atoms with Crippen LogP contribution >= 0.6 is 0 Å². The molecular weight excluding hydrogens is 430 g/mol. The van der Waals surface area contributed by atoms with Crippen LogP contribution in [0.4, 0.5) is 0 Å². The summed E-state index contributed by atoms with van der Waals surface area (Å²) in [6.07, 6.45) is 29.0. The number of hydrogen-bond donors (Lipinski definition) is 0. The van der Waals surface area contributed by atoms with E-state index in [1.807, 2.05) is 0 Å². The van der Waals surface area contributed by atoms with Gasteiger partial charge in [-0.15, -0.1) is 0 Å². The zero-order valence-electron chi connectivity index (χ0n) is 23.3. The first-order valence-corrected chi connectivity index (χ1v) is 16.0. The van der Waals surface area contributed by atoms with Gasteiger partial charge >= 0.3 is 0 Å². The second-order valence-corrected chi connectivity index (χ2v) is 12.3. The third-order valence-electron chi connectivity index (χ3n) is 6.59. The standard InChI is InChI=1S/C26H56N.C2H6O3S/c1-5-7-9-11-13-15-17-19-21-23-25-27(3,4)26-24-22-20-18-16-14-12-10-8-6-2;1-2-6(3,4)5/h5-26H2,1-4H3;2H2,1H3,(H,3,4,5)/q+1;/p-1. The van der Waals surface area contributed by atoms with E-state index in [-0.39, 0.29) is 5.75 Å². The first kappa shape index (κ1) is 35.0. The summed E-state index contributed by atoms with van der Waals surface area (Å²) in [5.41, 5.74) is 0. The first-order chi connectivity index (χ1) is 15.7. The van der Waals surface area contributed by atoms with Crippen LogP contribution < -0.4 is 0 Å². The molecule has 0 aromatic carbocycles. The van der Waals surface area contributed by atoms with Crippen molar-refractivity contribution in [3.8, 4) is 0 Å². The predicted octanol–water partition coefficient (Wildman–Crippen LogP) is 8.46. The normalized spacial score (nSPS) is 11.9. The summed E-state index contributed by atoms with van der Waals surface area (Å²) >= 11 is 0. The predicted molar refractivity (Wildman–Crippen MR) is 146 cm³/mol. The van der Waals surface area contributed by atoms with Gasteiger partial charge in [0.05, 0.1) is 37.3 Å². The minimum absolute atomic E-state index is 0.312. The maximum Gasteiger partial charge on any atom is 0.0943 e. The minimum atomic E-state index is -3.91. The van der Waals surface area contributed by atoms with E-state index in [4.69, 9.17) is 0 Å². The van der Waals surface area contributed by atoms with Crippen LogP contribution in [0.3, 0.4) is 0 Å². The van der Waals surface area contributed by atoms with E-state index in [2.05, 4.69) is 27.9 Å². The van der Waals surface area contributed by atoms with Gasteiger partial charge in [-0.1, -0.05) is 124 Å². The summed E-state index contributed by atoms with van der Waals surface area (Å²) in [6, 6.07) is 0. The second kappa shape index (κ2) is 25.0. The summed E-state index contributed by atoms with van der Waals surface area (Å²) in [7, 11) is 0.980. The highest BCUT2D eigenvalue weighted by Gasteiger charge is 2.13. The van der Waals surface area contributed by atoms with Crippen LogP contribution in [0.25, 0.3) is 0 Å². The monoisotopic (exact) mass is 491 g/mol. The molecule has 0 heterocycles. The fraction of sp³-hybridized carbons (Fsp3) is 1.00. The molecule has 0 saturated carbocycles. The number of rotatable bonds is 23. The van der Waals surface area contributed by atoms with Crippen LogP contribution in [0.15, 0.2) is 0 Å². The van der Waals surface area contributed by atoms with E-state index >= 15 is 0 Å². The molecule has 202 valence electrons. The molecule has 0 rings (SSSR count). The smallest absolute Gasteiger partial charge is 0.0943 e. The van der Waals surface area contributed by atoms with Gasteiger partial charge < -0.3 is 9.04 Å². The van der Waals surface area contributed by atoms with Crippen LogP contribution in [-0.4, -0.2) is 50.4 Å². The highest BCUT2D eigenvalue weighted by Crippen LogP contribution is 2.14. The summed E-state index contributed by atoms with van der Waals surface area (Å²) < 4.78 is 29.6. The molecule has 0 unspecified atom stereocenters. The van der Waals surface area contributed by atoms with Crippen molar-refractivity contribution in [3.63, 3.8) is 0 Å². The number of hydrogen-bond acceptors (Lipinski definition) is 3. The van der Waals surface area contributed by atoms with Crippen LogP contribution in [0.5, 0.6) is 0 Å². The molecule has 0 fully saturated rings. The Morgan fingerprint density at radius 3 is 0.909 bits per heavy atom. The van der Waals surface area contributed by atoms with Crippen molar-refractivity contribution in [3.05, 3.63) is 0 Å². The molecule has 0 bridgehead atoms. The summed E-state index contributed by atoms with van der Waals surface area (Å²) in [4.78, 5) is 0. The molecule has 0 amide bonds. The van der Waals surface area contributed by atoms with E-state index in [0.29, 0.717) is 0 Å². The van der Waals surface area contributed by atoms with E-state index in [0.717, 1.165) is 0 Å². The van der Waals surface area contributed by atoms with Crippen molar-refractivity contribution in [1.29, 1.82) is 0 Å². The zero-order chi connectivity index (χ0) is 25.3. The molecule has 0 atom stereocenters. The van der Waals surface area contributed by atoms with Crippen molar-refractivity contribution in [2.45, 2.75) is 149 Å². The molecular formula is C28H61NO3S. The average Bonchev–Trinajstić information content (AvgIpc) is 2.76. The summed E-state index contributed by atoms with van der Waals surface area (Å²) in [5, 5.41) is 0. The molecule has 0 radical (unpaired) electrons. The molecule has 0 spiro atoms. The zero-order valence-corrected chi connectivity index (χ0v) is 24.2. The van der Waals surface area contributed by atoms with Gasteiger partial charge in [-0.25, -0.2) is 8.42 Å². The fourth-order valence-electron chi connectivity index (χ4n) is 4.17. The molecule has 0 aromatic heterocycles. The Morgan fingerprint density at radius 2 is 0.697 bits per heavy atom. The molecule has 0 aliphatic rings. The topological polar surface area (TPSA) is 57.2 Å². The lowest BCUT2D eigenvalue weighted by Gasteiger charge is -2.30. The summed E-state index contributed by atoms with van der Waals surface area (Å²) in [5.74, 6) is -0.312. The lowest BCUT2D eigenvalue weighted by molar-refractivity contribution is -0.890. The second-order valence-electron chi connectivity index (χ2n) is 10.6. The van der Waals surface area contributed by atoms with Gasteiger partial charge in [0.2, 0.25) is 0 Å². The molecule has 0 saturated heterocycles. The van der Waals surface area contributed by atoms with Gasteiger partial charge in [0.25, 0.3) is 0 Å². The van der Waals surface area contributed by atoms with Crippen LogP contribution in [0.2, 0.25) is 0 Å². The van der Waals surface area contributed by atoms with E-state index in [9.17, 15) is 13.0 Å². The Morgan fingerprint density at radius 1 is 0.485 bits per heavy atom. The molecule has 0 N–H and O–H groups in total. The van der Waals surface area contributed by atoms with Gasteiger partial charge in [-0.2, -0.15) is 0 Å². The quantitative estimate of drug-likeness (QED) is 0.0818. The van der Waals surface area contributed by atoms with E-state index in [1.54, 1.807) is 0 Å². The maximum atomic E-state index is 9.44. The number of quaternary nitrogens is 1. The van der Waals surface area contributed by atoms with Crippen molar-refractivity contribution in [1.82, 2.24) is 0 Å². The lowest BCUT2D eigenvalue weighted by Crippen LogP contribution is -2.41. The Hall–Kier alpha value is -0.130. The maximum absolute atomic E-state index is 9.44. The number of nitrogens with zero attached hydrogens (tertiary/aromatic N) is 1. The van der Waals surface area contributed by atoms with Crippen molar-refractivity contribution >= 4 is 10.1 Å². The Balaban J connectivity index is 0. The van der Waals surface area contributed by atoms with Gasteiger partial charge in [-0.3, -0.25) is 0 Å². The molecule has 0 aliphatic heterocycles. The minimum Gasteiger partial charge on any atom is -0.748 e. The third kappa shape index (κ3) is 34.1. The van der Waals surface area contributed by atoms with Gasteiger partial charge in [0, 0.05) is 5.75 Å². The Labute approximate surface area is 209 Å².